The van der Waals surface area contributed by atoms with E-state index < -0.39 is 0 Å². The van der Waals surface area contributed by atoms with Gasteiger partial charge in [0.15, 0.2) is 0 Å². The van der Waals surface area contributed by atoms with E-state index >= 15 is 0 Å². The third-order valence-electron chi connectivity index (χ3n) is 4.99. The van der Waals surface area contributed by atoms with Crippen LogP contribution in [0.5, 0.6) is 5.75 Å². The maximum atomic E-state index is 6.26. The van der Waals surface area contributed by atoms with Crippen molar-refractivity contribution in [3.63, 3.8) is 0 Å². The van der Waals surface area contributed by atoms with Crippen LogP contribution >= 0.6 is 0 Å². The van der Waals surface area contributed by atoms with Gasteiger partial charge in [-0.25, -0.2) is 4.68 Å². The lowest BCUT2D eigenvalue weighted by Crippen LogP contribution is -1.97. The van der Waals surface area contributed by atoms with Gasteiger partial charge in [0.05, 0.1) is 11.4 Å². The van der Waals surface area contributed by atoms with Crippen LogP contribution in [0, 0.1) is 0 Å². The van der Waals surface area contributed by atoms with E-state index in [-0.39, 0.29) is 0 Å². The van der Waals surface area contributed by atoms with Crippen LogP contribution in [-0.4, -0.2) is 9.78 Å². The Balaban J connectivity index is 1.52. The predicted molar refractivity (Wildman–Crippen MR) is 117 cm³/mol. The summed E-state index contributed by atoms with van der Waals surface area (Å²) in [7, 11) is 0. The van der Waals surface area contributed by atoms with E-state index in [1.165, 1.54) is 5.39 Å². The minimum atomic E-state index is 0.449. The summed E-state index contributed by atoms with van der Waals surface area (Å²) in [6.07, 6.45) is 2.06. The minimum Gasteiger partial charge on any atom is -0.488 e. The highest BCUT2D eigenvalue weighted by Crippen LogP contribution is 2.28. The van der Waals surface area contributed by atoms with Crippen molar-refractivity contribution >= 4 is 10.8 Å². The van der Waals surface area contributed by atoms with Crippen molar-refractivity contribution in [2.75, 3.05) is 0 Å². The number of hydrogen-bond acceptors (Lipinski definition) is 2. The lowest BCUT2D eigenvalue weighted by atomic mass is 10.1. The van der Waals surface area contributed by atoms with E-state index in [0.717, 1.165) is 33.6 Å². The molecule has 140 valence electrons. The van der Waals surface area contributed by atoms with Crippen LogP contribution in [0.1, 0.15) is 5.56 Å². The Morgan fingerprint density at radius 3 is 2.21 bits per heavy atom. The van der Waals surface area contributed by atoms with Gasteiger partial charge in [0, 0.05) is 22.7 Å². The highest BCUT2D eigenvalue weighted by molar-refractivity contribution is 5.88. The number of ether oxygens (including phenoxy) is 1. The minimum absolute atomic E-state index is 0.449. The molecule has 4 aromatic carbocycles. The smallest absolute Gasteiger partial charge is 0.127 e. The maximum absolute atomic E-state index is 6.26. The first kappa shape index (κ1) is 17.3. The molecule has 0 aliphatic carbocycles. The lowest BCUT2D eigenvalue weighted by molar-refractivity contribution is 0.310. The molecule has 0 atom stereocenters. The second-order valence-electron chi connectivity index (χ2n) is 6.92. The fourth-order valence-corrected chi connectivity index (χ4v) is 3.54. The molecular weight excluding hydrogens is 356 g/mol. The van der Waals surface area contributed by atoms with E-state index in [9.17, 15) is 0 Å². The van der Waals surface area contributed by atoms with Crippen molar-refractivity contribution in [1.82, 2.24) is 9.78 Å². The molecule has 29 heavy (non-hydrogen) atoms. The molecule has 0 unspecified atom stereocenters. The third kappa shape index (κ3) is 3.50. The van der Waals surface area contributed by atoms with Crippen molar-refractivity contribution in [2.24, 2.45) is 0 Å². The summed E-state index contributed by atoms with van der Waals surface area (Å²) in [6.45, 7) is 0.449. The first-order valence-corrected chi connectivity index (χ1v) is 9.68. The van der Waals surface area contributed by atoms with Gasteiger partial charge in [-0.15, -0.1) is 0 Å². The van der Waals surface area contributed by atoms with E-state index in [4.69, 9.17) is 9.84 Å². The maximum Gasteiger partial charge on any atom is 0.127 e. The Labute approximate surface area is 169 Å². The molecule has 3 heteroatoms. The van der Waals surface area contributed by atoms with Crippen molar-refractivity contribution in [1.29, 1.82) is 0 Å². The molecule has 0 aliphatic rings. The number of para-hydroxylation sites is 1. The summed E-state index contributed by atoms with van der Waals surface area (Å²) >= 11 is 0. The molecule has 1 aromatic heterocycles. The van der Waals surface area contributed by atoms with Gasteiger partial charge in [-0.1, -0.05) is 84.9 Å². The molecule has 0 saturated carbocycles. The molecule has 0 fully saturated rings. The van der Waals surface area contributed by atoms with Crippen LogP contribution in [0.2, 0.25) is 0 Å². The summed E-state index contributed by atoms with van der Waals surface area (Å²) in [5, 5.41) is 7.15. The monoisotopic (exact) mass is 376 g/mol. The Hall–Kier alpha value is -3.85. The summed E-state index contributed by atoms with van der Waals surface area (Å²) in [5.74, 6) is 0.884. The number of fused-ring (bicyclic) bond motifs is 1. The number of hydrogen-bond donors (Lipinski definition) is 0. The zero-order valence-corrected chi connectivity index (χ0v) is 15.9. The van der Waals surface area contributed by atoms with E-state index in [0.29, 0.717) is 6.61 Å². The fourth-order valence-electron chi connectivity index (χ4n) is 3.54. The van der Waals surface area contributed by atoms with E-state index in [1.54, 1.807) is 0 Å². The van der Waals surface area contributed by atoms with Gasteiger partial charge in [0.1, 0.15) is 12.4 Å². The van der Waals surface area contributed by atoms with E-state index in [2.05, 4.69) is 48.7 Å². The molecule has 0 radical (unpaired) electrons. The predicted octanol–water partition coefficient (Wildman–Crippen LogP) is 6.27. The largest absolute Gasteiger partial charge is 0.488 e. The number of benzene rings is 4. The average molecular weight is 376 g/mol. The van der Waals surface area contributed by atoms with Crippen LogP contribution in [0.4, 0.5) is 0 Å². The number of nitrogens with zero attached hydrogens (tertiary/aromatic N) is 2. The zero-order chi connectivity index (χ0) is 19.5. The van der Waals surface area contributed by atoms with Crippen molar-refractivity contribution in [2.45, 2.75) is 6.61 Å². The normalized spacial score (nSPS) is 10.9. The molecule has 1 heterocycles. The number of aromatic nitrogens is 2. The van der Waals surface area contributed by atoms with Gasteiger partial charge in [-0.05, 0) is 23.6 Å². The highest BCUT2D eigenvalue weighted by Gasteiger charge is 2.13. The molecule has 5 aromatic rings. The molecule has 0 N–H and O–H groups in total. The van der Waals surface area contributed by atoms with Gasteiger partial charge in [-0.3, -0.25) is 0 Å². The quantitative estimate of drug-likeness (QED) is 0.361. The SMILES string of the molecule is c1ccc(-c2nn(-c3ccccc3)cc2COc2cccc3ccccc23)cc1. The molecule has 0 saturated heterocycles. The summed E-state index contributed by atoms with van der Waals surface area (Å²) in [5.41, 5.74) is 4.10. The Morgan fingerprint density at radius 1 is 0.690 bits per heavy atom. The Bertz CT molecular complexity index is 1240. The van der Waals surface area contributed by atoms with Crippen LogP contribution in [0.3, 0.4) is 0 Å². The van der Waals surface area contributed by atoms with Crippen molar-refractivity contribution < 1.29 is 4.74 Å². The van der Waals surface area contributed by atoms with Crippen molar-refractivity contribution in [3.8, 4) is 22.7 Å². The van der Waals surface area contributed by atoms with Crippen LogP contribution in [-0.2, 0) is 6.61 Å². The molecular formula is C26H20N2O. The fraction of sp³-hybridized carbons (Fsp3) is 0.0385. The summed E-state index contributed by atoms with van der Waals surface area (Å²) in [6, 6.07) is 34.8. The van der Waals surface area contributed by atoms with Gasteiger partial charge in [0.25, 0.3) is 0 Å². The molecule has 5 rings (SSSR count). The first-order chi connectivity index (χ1) is 14.4. The highest BCUT2D eigenvalue weighted by atomic mass is 16.5. The van der Waals surface area contributed by atoms with Gasteiger partial charge in [0.2, 0.25) is 0 Å². The Kier molecular flexibility index (Phi) is 4.55. The van der Waals surface area contributed by atoms with Crippen LogP contribution < -0.4 is 4.74 Å². The first-order valence-electron chi connectivity index (χ1n) is 9.68. The van der Waals surface area contributed by atoms with Crippen LogP contribution in [0.15, 0.2) is 109 Å². The van der Waals surface area contributed by atoms with E-state index in [1.807, 2.05) is 65.3 Å². The number of rotatable bonds is 5. The molecule has 0 bridgehead atoms. The molecule has 0 spiro atoms. The average Bonchev–Trinajstić information content (AvgIpc) is 3.23. The van der Waals surface area contributed by atoms with Gasteiger partial charge < -0.3 is 4.74 Å². The third-order valence-corrected chi connectivity index (χ3v) is 4.99. The lowest BCUT2D eigenvalue weighted by Gasteiger charge is -2.09. The zero-order valence-electron chi connectivity index (χ0n) is 15.9. The Morgan fingerprint density at radius 2 is 1.38 bits per heavy atom. The topological polar surface area (TPSA) is 27.1 Å². The van der Waals surface area contributed by atoms with Gasteiger partial charge in [-0.2, -0.15) is 5.10 Å². The summed E-state index contributed by atoms with van der Waals surface area (Å²) < 4.78 is 8.18. The summed E-state index contributed by atoms with van der Waals surface area (Å²) in [4.78, 5) is 0. The molecule has 0 aliphatic heterocycles. The van der Waals surface area contributed by atoms with Crippen LogP contribution in [0.25, 0.3) is 27.7 Å². The standard InChI is InChI=1S/C26H20N2O/c1-3-11-21(12-4-1)26-22(18-28(27-26)23-14-5-2-6-15-23)19-29-25-17-9-13-20-10-7-8-16-24(20)25/h1-18H,19H2. The second kappa shape index (κ2) is 7.64. The van der Waals surface area contributed by atoms with Crippen molar-refractivity contribution in [3.05, 3.63) is 115 Å². The molecule has 3 nitrogen and oxygen atoms in total. The molecule has 0 amide bonds. The van der Waals surface area contributed by atoms with Gasteiger partial charge >= 0.3 is 0 Å². The second-order valence-corrected chi connectivity index (χ2v) is 6.92.